The summed E-state index contributed by atoms with van der Waals surface area (Å²) in [6, 6.07) is 7.93. The average Bonchev–Trinajstić information content (AvgIpc) is 2.64. The van der Waals surface area contributed by atoms with Crippen LogP contribution in [-0.4, -0.2) is 34.0 Å². The van der Waals surface area contributed by atoms with Crippen LogP contribution < -0.4 is 0 Å². The van der Waals surface area contributed by atoms with Crippen molar-refractivity contribution in [2.75, 3.05) is 13.1 Å². The number of piperidine rings is 1. The molecule has 4 nitrogen and oxygen atoms in total. The molecule has 1 N–H and O–H groups in total. The number of carboxylic acid groups (broad SMARTS) is 1. The Balaban J connectivity index is 2.01. The Kier molecular flexibility index (Phi) is 5.72. The van der Waals surface area contributed by atoms with E-state index in [1.54, 1.807) is 24.4 Å². The number of carboxylic acids is 1. The smallest absolute Gasteiger partial charge is 0.416 e. The molecule has 0 aliphatic carbocycles. The van der Waals surface area contributed by atoms with Crippen LogP contribution in [-0.2, 0) is 11.0 Å². The first kappa shape index (κ1) is 19.6. The van der Waals surface area contributed by atoms with Gasteiger partial charge in [0.05, 0.1) is 23.2 Å². The summed E-state index contributed by atoms with van der Waals surface area (Å²) in [5, 5.41) is 9.41. The van der Waals surface area contributed by atoms with E-state index in [-0.39, 0.29) is 5.02 Å². The van der Waals surface area contributed by atoms with E-state index in [4.69, 9.17) is 11.6 Å². The van der Waals surface area contributed by atoms with Crippen LogP contribution in [0.25, 0.3) is 0 Å². The normalized spacial score (nSPS) is 17.6. The van der Waals surface area contributed by atoms with E-state index >= 15 is 0 Å². The lowest BCUT2D eigenvalue weighted by Crippen LogP contribution is -2.39. The predicted octanol–water partition coefficient (Wildman–Crippen LogP) is 4.64. The molecule has 1 fully saturated rings. The molecule has 0 amide bonds. The zero-order valence-corrected chi connectivity index (χ0v) is 15.0. The van der Waals surface area contributed by atoms with Gasteiger partial charge < -0.3 is 5.11 Å². The van der Waals surface area contributed by atoms with Crippen LogP contribution in [0.2, 0.25) is 5.02 Å². The van der Waals surface area contributed by atoms with Gasteiger partial charge in [-0.2, -0.15) is 13.2 Å². The molecule has 0 bridgehead atoms. The number of likely N-dealkylation sites (tertiary alicyclic amines) is 1. The maximum absolute atomic E-state index is 13.2. The molecule has 2 aromatic rings. The average molecular weight is 399 g/mol. The van der Waals surface area contributed by atoms with E-state index in [9.17, 15) is 23.1 Å². The van der Waals surface area contributed by atoms with E-state index in [1.807, 2.05) is 4.90 Å². The first-order valence-electron chi connectivity index (χ1n) is 8.52. The fraction of sp³-hybridized carbons (Fsp3) is 0.368. The van der Waals surface area contributed by atoms with Crippen molar-refractivity contribution >= 4 is 17.6 Å². The molecule has 27 heavy (non-hydrogen) atoms. The largest absolute Gasteiger partial charge is 0.481 e. The quantitative estimate of drug-likeness (QED) is 0.815. The predicted molar refractivity (Wildman–Crippen MR) is 94.5 cm³/mol. The van der Waals surface area contributed by atoms with E-state index in [0.717, 1.165) is 12.1 Å². The maximum atomic E-state index is 13.2. The zero-order valence-electron chi connectivity index (χ0n) is 14.3. The molecule has 1 aromatic carbocycles. The number of hydrogen-bond acceptors (Lipinski definition) is 3. The summed E-state index contributed by atoms with van der Waals surface area (Å²) in [4.78, 5) is 17.5. The van der Waals surface area contributed by atoms with Crippen molar-refractivity contribution < 1.29 is 23.1 Å². The van der Waals surface area contributed by atoms with Crippen molar-refractivity contribution in [1.82, 2.24) is 9.88 Å². The Morgan fingerprint density at radius 1 is 1.22 bits per heavy atom. The number of hydrogen-bond donors (Lipinski definition) is 1. The molecular formula is C19H18ClF3N2O2. The molecule has 0 radical (unpaired) electrons. The number of benzene rings is 1. The van der Waals surface area contributed by atoms with Gasteiger partial charge in [-0.05, 0) is 61.8 Å². The standard InChI is InChI=1S/C19H18ClF3N2O2/c20-15-5-4-13(19(21,22)23)11-14(15)17(16-3-1-2-8-24-16)25-9-6-12(7-10-25)18(26)27/h1-5,8,11-12,17H,6-7,9-10H2,(H,26,27). The van der Waals surface area contributed by atoms with Gasteiger partial charge in [0.15, 0.2) is 0 Å². The van der Waals surface area contributed by atoms with Crippen LogP contribution in [0.15, 0.2) is 42.6 Å². The Hall–Kier alpha value is -2.12. The number of aliphatic carboxylic acids is 1. The number of pyridine rings is 1. The second-order valence-electron chi connectivity index (χ2n) is 6.54. The first-order chi connectivity index (χ1) is 12.8. The number of aromatic nitrogens is 1. The van der Waals surface area contributed by atoms with Crippen molar-refractivity contribution in [1.29, 1.82) is 0 Å². The molecule has 0 saturated carbocycles. The SMILES string of the molecule is O=C(O)C1CCN(C(c2ccccn2)c2cc(C(F)(F)F)ccc2Cl)CC1. The number of halogens is 4. The molecule has 1 aromatic heterocycles. The molecule has 3 rings (SSSR count). The Morgan fingerprint density at radius 2 is 1.93 bits per heavy atom. The molecule has 0 spiro atoms. The van der Waals surface area contributed by atoms with Crippen molar-refractivity contribution in [2.24, 2.45) is 5.92 Å². The fourth-order valence-corrected chi connectivity index (χ4v) is 3.64. The lowest BCUT2D eigenvalue weighted by atomic mass is 9.92. The summed E-state index contributed by atoms with van der Waals surface area (Å²) >= 11 is 6.27. The van der Waals surface area contributed by atoms with Crippen LogP contribution in [0.5, 0.6) is 0 Å². The van der Waals surface area contributed by atoms with Gasteiger partial charge in [-0.15, -0.1) is 0 Å². The van der Waals surface area contributed by atoms with Gasteiger partial charge in [-0.1, -0.05) is 17.7 Å². The first-order valence-corrected chi connectivity index (χ1v) is 8.89. The minimum Gasteiger partial charge on any atom is -0.481 e. The van der Waals surface area contributed by atoms with Gasteiger partial charge in [0, 0.05) is 11.2 Å². The third-order valence-corrected chi connectivity index (χ3v) is 5.17. The summed E-state index contributed by atoms with van der Waals surface area (Å²) in [6.45, 7) is 0.871. The monoisotopic (exact) mass is 398 g/mol. The summed E-state index contributed by atoms with van der Waals surface area (Å²) in [7, 11) is 0. The molecular weight excluding hydrogens is 381 g/mol. The summed E-state index contributed by atoms with van der Waals surface area (Å²) in [5.74, 6) is -1.29. The van der Waals surface area contributed by atoms with Gasteiger partial charge in [0.25, 0.3) is 0 Å². The summed E-state index contributed by atoms with van der Waals surface area (Å²) in [6.07, 6.45) is -2.05. The van der Waals surface area contributed by atoms with Gasteiger partial charge in [0.2, 0.25) is 0 Å². The van der Waals surface area contributed by atoms with Crippen LogP contribution in [0.1, 0.15) is 35.7 Å². The number of nitrogens with zero attached hydrogens (tertiary/aromatic N) is 2. The van der Waals surface area contributed by atoms with Crippen molar-refractivity contribution in [2.45, 2.75) is 25.1 Å². The Bertz CT molecular complexity index is 806. The van der Waals surface area contributed by atoms with Gasteiger partial charge in [-0.25, -0.2) is 0 Å². The molecule has 2 heterocycles. The van der Waals surface area contributed by atoms with Crippen molar-refractivity contribution in [3.05, 3.63) is 64.4 Å². The molecule has 1 saturated heterocycles. The zero-order chi connectivity index (χ0) is 19.6. The van der Waals surface area contributed by atoms with E-state index in [2.05, 4.69) is 4.98 Å². The molecule has 1 unspecified atom stereocenters. The number of carbonyl (C=O) groups is 1. The topological polar surface area (TPSA) is 53.4 Å². The second-order valence-corrected chi connectivity index (χ2v) is 6.95. The van der Waals surface area contributed by atoms with Crippen molar-refractivity contribution in [3.8, 4) is 0 Å². The van der Waals surface area contributed by atoms with E-state index in [0.29, 0.717) is 37.2 Å². The number of rotatable bonds is 4. The Labute approximate surface area is 159 Å². The highest BCUT2D eigenvalue weighted by Crippen LogP contribution is 2.38. The summed E-state index contributed by atoms with van der Waals surface area (Å²) < 4.78 is 39.6. The molecule has 1 aliphatic heterocycles. The van der Waals surface area contributed by atoms with E-state index < -0.39 is 29.7 Å². The molecule has 1 atom stereocenters. The second kappa shape index (κ2) is 7.86. The highest BCUT2D eigenvalue weighted by atomic mass is 35.5. The lowest BCUT2D eigenvalue weighted by molar-refractivity contribution is -0.143. The highest BCUT2D eigenvalue weighted by Gasteiger charge is 2.35. The lowest BCUT2D eigenvalue weighted by Gasteiger charge is -2.37. The third kappa shape index (κ3) is 4.42. The fourth-order valence-electron chi connectivity index (χ4n) is 3.42. The number of alkyl halides is 3. The molecule has 1 aliphatic rings. The molecule has 144 valence electrons. The van der Waals surface area contributed by atoms with E-state index in [1.165, 1.54) is 6.07 Å². The summed E-state index contributed by atoms with van der Waals surface area (Å²) in [5.41, 5.74) is 0.120. The Morgan fingerprint density at radius 3 is 2.48 bits per heavy atom. The maximum Gasteiger partial charge on any atom is 0.416 e. The van der Waals surface area contributed by atoms with Crippen LogP contribution in [0.3, 0.4) is 0 Å². The van der Waals surface area contributed by atoms with Gasteiger partial charge in [-0.3, -0.25) is 14.7 Å². The highest BCUT2D eigenvalue weighted by molar-refractivity contribution is 6.31. The van der Waals surface area contributed by atoms with Crippen LogP contribution in [0, 0.1) is 5.92 Å². The van der Waals surface area contributed by atoms with Crippen LogP contribution >= 0.6 is 11.6 Å². The van der Waals surface area contributed by atoms with Gasteiger partial charge in [0.1, 0.15) is 0 Å². The minimum absolute atomic E-state index is 0.221. The molecule has 8 heteroatoms. The third-order valence-electron chi connectivity index (χ3n) is 4.83. The van der Waals surface area contributed by atoms with Gasteiger partial charge >= 0.3 is 12.1 Å². The van der Waals surface area contributed by atoms with Crippen molar-refractivity contribution in [3.63, 3.8) is 0 Å². The van der Waals surface area contributed by atoms with Crippen LogP contribution in [0.4, 0.5) is 13.2 Å². The minimum atomic E-state index is -4.48.